The molecule has 1 aromatic carbocycles. The van der Waals surface area contributed by atoms with Gasteiger partial charge in [0.25, 0.3) is 0 Å². The average Bonchev–Trinajstić information content (AvgIpc) is 3.30. The number of anilines is 1. The highest BCUT2D eigenvalue weighted by molar-refractivity contribution is 5.60. The van der Waals surface area contributed by atoms with Crippen LogP contribution >= 0.6 is 0 Å². The van der Waals surface area contributed by atoms with E-state index in [2.05, 4.69) is 20.4 Å². The van der Waals surface area contributed by atoms with Gasteiger partial charge in [0.15, 0.2) is 11.6 Å². The van der Waals surface area contributed by atoms with Gasteiger partial charge in [-0.1, -0.05) is 19.3 Å². The molecule has 2 heterocycles. The van der Waals surface area contributed by atoms with Gasteiger partial charge in [-0.05, 0) is 61.6 Å². The molecule has 0 bridgehead atoms. The molecule has 0 radical (unpaired) electrons. The first-order chi connectivity index (χ1) is 15.0. The van der Waals surface area contributed by atoms with E-state index in [-0.39, 0.29) is 11.3 Å². The summed E-state index contributed by atoms with van der Waals surface area (Å²) in [5.41, 5.74) is -0.104. The van der Waals surface area contributed by atoms with E-state index in [1.165, 1.54) is 51.7 Å². The van der Waals surface area contributed by atoms with E-state index in [4.69, 9.17) is 0 Å². The Kier molecular flexibility index (Phi) is 5.87. The lowest BCUT2D eigenvalue weighted by molar-refractivity contribution is 0.221. The molecule has 3 fully saturated rings. The van der Waals surface area contributed by atoms with E-state index < -0.39 is 17.5 Å². The SMILES string of the molecule is Fc1cc(F)c(F)c(-c2ccc(NC3C[C@@H]4CN(CC5CCCCC5)C[C@@H]4C3)nn2)c1. The van der Waals surface area contributed by atoms with Crippen molar-refractivity contribution in [2.45, 2.75) is 51.0 Å². The first-order valence-electron chi connectivity index (χ1n) is 11.5. The number of hydrogen-bond donors (Lipinski definition) is 1. The van der Waals surface area contributed by atoms with Gasteiger partial charge in [-0.2, -0.15) is 0 Å². The highest BCUT2D eigenvalue weighted by Crippen LogP contribution is 2.40. The van der Waals surface area contributed by atoms with Gasteiger partial charge in [0.1, 0.15) is 11.6 Å². The first kappa shape index (κ1) is 20.7. The van der Waals surface area contributed by atoms with Gasteiger partial charge in [-0.25, -0.2) is 13.2 Å². The number of likely N-dealkylation sites (tertiary alicyclic amines) is 1. The lowest BCUT2D eigenvalue weighted by atomic mass is 9.89. The largest absolute Gasteiger partial charge is 0.366 e. The summed E-state index contributed by atoms with van der Waals surface area (Å²) in [6.45, 7) is 3.68. The van der Waals surface area contributed by atoms with Crippen molar-refractivity contribution < 1.29 is 13.2 Å². The highest BCUT2D eigenvalue weighted by atomic mass is 19.2. The van der Waals surface area contributed by atoms with E-state index in [1.54, 1.807) is 12.1 Å². The molecule has 5 rings (SSSR count). The Hall–Kier alpha value is -2.15. The summed E-state index contributed by atoms with van der Waals surface area (Å²) >= 11 is 0. The number of aromatic nitrogens is 2. The molecule has 3 atom stereocenters. The third-order valence-electron chi connectivity index (χ3n) is 7.35. The van der Waals surface area contributed by atoms with Gasteiger partial charge < -0.3 is 10.2 Å². The molecular formula is C24H29F3N4. The van der Waals surface area contributed by atoms with Crippen LogP contribution in [0.25, 0.3) is 11.3 Å². The number of nitrogens with zero attached hydrogens (tertiary/aromatic N) is 3. The number of benzene rings is 1. The van der Waals surface area contributed by atoms with Crippen LogP contribution < -0.4 is 5.32 Å². The maximum absolute atomic E-state index is 14.0. The third-order valence-corrected chi connectivity index (χ3v) is 7.35. The van der Waals surface area contributed by atoms with Crippen LogP contribution in [-0.2, 0) is 0 Å². The molecular weight excluding hydrogens is 401 g/mol. The molecule has 1 unspecified atom stereocenters. The Morgan fingerprint density at radius 3 is 2.35 bits per heavy atom. The van der Waals surface area contributed by atoms with E-state index in [1.807, 2.05) is 0 Å². The van der Waals surface area contributed by atoms with Gasteiger partial charge in [0, 0.05) is 37.3 Å². The Labute approximate surface area is 181 Å². The van der Waals surface area contributed by atoms with Crippen LogP contribution in [0.2, 0.25) is 0 Å². The van der Waals surface area contributed by atoms with Crippen molar-refractivity contribution in [1.82, 2.24) is 15.1 Å². The van der Waals surface area contributed by atoms with Crippen LogP contribution in [0, 0.1) is 35.2 Å². The maximum Gasteiger partial charge on any atom is 0.168 e. The summed E-state index contributed by atoms with van der Waals surface area (Å²) < 4.78 is 40.9. The normalized spacial score (nSPS) is 26.9. The molecule has 0 amide bonds. The number of halogens is 3. The molecule has 1 N–H and O–H groups in total. The summed E-state index contributed by atoms with van der Waals surface area (Å²) in [7, 11) is 0. The number of fused-ring (bicyclic) bond motifs is 1. The summed E-state index contributed by atoms with van der Waals surface area (Å²) in [5.74, 6) is -0.202. The van der Waals surface area contributed by atoms with Crippen molar-refractivity contribution >= 4 is 5.82 Å². The molecule has 31 heavy (non-hydrogen) atoms. The van der Waals surface area contributed by atoms with Crippen LogP contribution in [0.1, 0.15) is 44.9 Å². The van der Waals surface area contributed by atoms with Crippen LogP contribution in [0.5, 0.6) is 0 Å². The molecule has 1 saturated heterocycles. The van der Waals surface area contributed by atoms with Crippen LogP contribution in [0.3, 0.4) is 0 Å². The zero-order valence-corrected chi connectivity index (χ0v) is 17.7. The third kappa shape index (κ3) is 4.56. The quantitative estimate of drug-likeness (QED) is 0.657. The Morgan fingerprint density at radius 1 is 0.935 bits per heavy atom. The summed E-state index contributed by atoms with van der Waals surface area (Å²) in [4.78, 5) is 2.68. The summed E-state index contributed by atoms with van der Waals surface area (Å²) in [6, 6.07) is 5.07. The molecule has 166 valence electrons. The van der Waals surface area contributed by atoms with E-state index in [9.17, 15) is 13.2 Å². The molecule has 2 aromatic rings. The topological polar surface area (TPSA) is 41.0 Å². The Morgan fingerprint density at radius 2 is 1.68 bits per heavy atom. The monoisotopic (exact) mass is 430 g/mol. The molecule has 4 nitrogen and oxygen atoms in total. The lowest BCUT2D eigenvalue weighted by Crippen LogP contribution is -2.30. The Bertz CT molecular complexity index is 900. The molecule has 7 heteroatoms. The molecule has 1 aliphatic heterocycles. The molecule has 0 spiro atoms. The molecule has 2 saturated carbocycles. The second kappa shape index (κ2) is 8.77. The van der Waals surface area contributed by atoms with Crippen molar-refractivity contribution in [3.8, 4) is 11.3 Å². The minimum atomic E-state index is -1.23. The van der Waals surface area contributed by atoms with Gasteiger partial charge in [-0.3, -0.25) is 0 Å². The first-order valence-corrected chi connectivity index (χ1v) is 11.5. The summed E-state index contributed by atoms with van der Waals surface area (Å²) in [6.07, 6.45) is 9.26. The predicted octanol–water partition coefficient (Wildman–Crippen LogP) is 5.26. The number of rotatable bonds is 5. The van der Waals surface area contributed by atoms with Crippen LogP contribution in [0.4, 0.5) is 19.0 Å². The van der Waals surface area contributed by atoms with Crippen molar-refractivity contribution in [3.63, 3.8) is 0 Å². The second-order valence-electron chi connectivity index (χ2n) is 9.61. The zero-order chi connectivity index (χ0) is 21.4. The standard InChI is InChI=1S/C24H29F3N4/c25-18-10-20(24(27)21(26)11-18)22-6-7-23(30-29-22)28-19-8-16-13-31(14-17(16)9-19)12-15-4-2-1-3-5-15/h6-7,10-11,15-17,19H,1-5,8-9,12-14H2,(H,28,30)/t16-,17+,19?. The number of nitrogens with one attached hydrogen (secondary N) is 1. The summed E-state index contributed by atoms with van der Waals surface area (Å²) in [5, 5.41) is 11.6. The highest BCUT2D eigenvalue weighted by Gasteiger charge is 2.41. The van der Waals surface area contributed by atoms with E-state index in [0.717, 1.165) is 36.7 Å². The average molecular weight is 431 g/mol. The molecule has 3 aliphatic rings. The number of hydrogen-bond acceptors (Lipinski definition) is 4. The predicted molar refractivity (Wildman–Crippen MR) is 114 cm³/mol. The van der Waals surface area contributed by atoms with Crippen LogP contribution in [0.15, 0.2) is 24.3 Å². The molecule has 1 aromatic heterocycles. The fraction of sp³-hybridized carbons (Fsp3) is 0.583. The smallest absolute Gasteiger partial charge is 0.168 e. The zero-order valence-electron chi connectivity index (χ0n) is 17.7. The van der Waals surface area contributed by atoms with Crippen LogP contribution in [-0.4, -0.2) is 40.8 Å². The fourth-order valence-corrected chi connectivity index (χ4v) is 5.90. The Balaban J connectivity index is 1.16. The lowest BCUT2D eigenvalue weighted by Gasteiger charge is -2.27. The van der Waals surface area contributed by atoms with Gasteiger partial charge in [0.2, 0.25) is 0 Å². The minimum absolute atomic E-state index is 0.114. The van der Waals surface area contributed by atoms with Gasteiger partial charge >= 0.3 is 0 Å². The fourth-order valence-electron chi connectivity index (χ4n) is 5.90. The van der Waals surface area contributed by atoms with Crippen molar-refractivity contribution in [2.75, 3.05) is 25.0 Å². The van der Waals surface area contributed by atoms with Crippen molar-refractivity contribution in [1.29, 1.82) is 0 Å². The van der Waals surface area contributed by atoms with Crippen molar-refractivity contribution in [3.05, 3.63) is 41.7 Å². The van der Waals surface area contributed by atoms with Gasteiger partial charge in [0.05, 0.1) is 5.69 Å². The molecule has 2 aliphatic carbocycles. The van der Waals surface area contributed by atoms with E-state index >= 15 is 0 Å². The van der Waals surface area contributed by atoms with E-state index in [0.29, 0.717) is 17.9 Å². The van der Waals surface area contributed by atoms with Crippen molar-refractivity contribution in [2.24, 2.45) is 17.8 Å². The minimum Gasteiger partial charge on any atom is -0.366 e. The van der Waals surface area contributed by atoms with Gasteiger partial charge in [-0.15, -0.1) is 10.2 Å². The second-order valence-corrected chi connectivity index (χ2v) is 9.61. The maximum atomic E-state index is 14.0.